The number of urea groups is 1. The Labute approximate surface area is 182 Å². The van der Waals surface area contributed by atoms with Gasteiger partial charge in [-0.05, 0) is 46.9 Å². The number of benzene rings is 2. The highest BCUT2D eigenvalue weighted by Gasteiger charge is 2.36. The van der Waals surface area contributed by atoms with Crippen LogP contribution in [0.5, 0.6) is 0 Å². The van der Waals surface area contributed by atoms with Crippen molar-refractivity contribution in [3.05, 3.63) is 75.0 Å². The predicted octanol–water partition coefficient (Wildman–Crippen LogP) is 3.28. The molecule has 0 spiro atoms. The summed E-state index contributed by atoms with van der Waals surface area (Å²) in [5.74, 6) is -3.08. The number of anilines is 1. The highest BCUT2D eigenvalue weighted by atomic mass is 32.2. The third kappa shape index (κ3) is 3.79. The van der Waals surface area contributed by atoms with Crippen LogP contribution >= 0.6 is 0 Å². The lowest BCUT2D eigenvalue weighted by molar-refractivity contribution is 0.208. The molecule has 0 radical (unpaired) electrons. The maximum Gasteiger partial charge on any atom is 0.322 e. The summed E-state index contributed by atoms with van der Waals surface area (Å²) in [6, 6.07) is 5.33. The number of amides is 2. The van der Waals surface area contributed by atoms with E-state index in [9.17, 15) is 27.3 Å². The average molecular weight is 460 g/mol. The smallest absolute Gasteiger partial charge is 0.322 e. The van der Waals surface area contributed by atoms with Gasteiger partial charge >= 0.3 is 6.03 Å². The van der Waals surface area contributed by atoms with Crippen LogP contribution in [-0.2, 0) is 16.9 Å². The van der Waals surface area contributed by atoms with E-state index in [2.05, 4.69) is 10.3 Å². The zero-order chi connectivity index (χ0) is 23.2. The molecule has 2 aromatic carbocycles. The second kappa shape index (κ2) is 8.22. The van der Waals surface area contributed by atoms with Crippen molar-refractivity contribution < 1.29 is 22.5 Å². The Kier molecular flexibility index (Phi) is 5.58. The summed E-state index contributed by atoms with van der Waals surface area (Å²) in [7, 11) is 1.41. The summed E-state index contributed by atoms with van der Waals surface area (Å²) in [4.78, 5) is 29.0. The van der Waals surface area contributed by atoms with Crippen LogP contribution in [0.2, 0.25) is 0 Å². The van der Waals surface area contributed by atoms with Gasteiger partial charge in [0.25, 0.3) is 5.56 Å². The molecule has 3 aromatic rings. The Balaban J connectivity index is 1.76. The summed E-state index contributed by atoms with van der Waals surface area (Å²) in [5.41, 5.74) is -0.103. The van der Waals surface area contributed by atoms with Crippen LogP contribution in [0.1, 0.15) is 22.9 Å². The van der Waals surface area contributed by atoms with Crippen molar-refractivity contribution in [3.63, 3.8) is 0 Å². The van der Waals surface area contributed by atoms with Crippen LogP contribution in [0.4, 0.5) is 23.7 Å². The van der Waals surface area contributed by atoms with Crippen LogP contribution < -0.4 is 10.9 Å². The van der Waals surface area contributed by atoms with E-state index < -0.39 is 46.3 Å². The van der Waals surface area contributed by atoms with Crippen molar-refractivity contribution in [2.24, 2.45) is 0 Å². The minimum Gasteiger partial charge on any atom is -0.616 e. The number of carbonyl (C=O) groups is 1. The highest BCUT2D eigenvalue weighted by Crippen LogP contribution is 2.36. The molecule has 2 unspecified atom stereocenters. The van der Waals surface area contributed by atoms with Gasteiger partial charge < -0.3 is 19.8 Å². The van der Waals surface area contributed by atoms with E-state index >= 15 is 0 Å². The lowest BCUT2D eigenvalue weighted by atomic mass is 9.97. The number of pyridine rings is 1. The number of aromatic nitrogens is 1. The summed E-state index contributed by atoms with van der Waals surface area (Å²) >= 11 is -1.44. The van der Waals surface area contributed by atoms with Gasteiger partial charge in [0.15, 0.2) is 11.6 Å². The summed E-state index contributed by atoms with van der Waals surface area (Å²) in [6.45, 7) is 0. The number of carbonyl (C=O) groups excluding carboxylic acids is 1. The first-order valence-electron chi connectivity index (χ1n) is 9.32. The average Bonchev–Trinajstić information content (AvgIpc) is 2.75. The minimum atomic E-state index is -1.44. The molecule has 0 aliphatic carbocycles. The number of hydrogen-bond acceptors (Lipinski definition) is 4. The molecule has 1 aromatic heterocycles. The van der Waals surface area contributed by atoms with Gasteiger partial charge in [0, 0.05) is 18.3 Å². The van der Waals surface area contributed by atoms with Crippen molar-refractivity contribution in [1.29, 1.82) is 5.26 Å². The molecule has 0 saturated carbocycles. The monoisotopic (exact) mass is 460 g/mol. The SMILES string of the molecule is CN(C(=O)Nc1ccc(F)c(C#N)c1)C1C[S+]([O-])Cc2[nH]c(=O)c3cc(F)c(F)cc3c21. The molecule has 0 saturated heterocycles. The number of nitriles is 1. The second-order valence-corrected chi connectivity index (χ2v) is 8.77. The molecular weight excluding hydrogens is 445 g/mol. The Bertz CT molecular complexity index is 1350. The number of H-pyrrole nitrogens is 1. The van der Waals surface area contributed by atoms with Crippen molar-refractivity contribution in [1.82, 2.24) is 9.88 Å². The largest absolute Gasteiger partial charge is 0.616 e. The molecule has 4 rings (SSSR count). The molecule has 2 heterocycles. The molecule has 0 fully saturated rings. The number of fused-ring (bicyclic) bond motifs is 3. The fourth-order valence-corrected chi connectivity index (χ4v) is 5.12. The molecule has 2 amide bonds. The van der Waals surface area contributed by atoms with E-state index in [4.69, 9.17) is 5.26 Å². The lowest BCUT2D eigenvalue weighted by Crippen LogP contribution is -2.41. The fraction of sp³-hybridized carbons (Fsp3) is 0.190. The van der Waals surface area contributed by atoms with E-state index in [1.54, 1.807) is 6.07 Å². The Hall–Kier alpha value is -3.49. The zero-order valence-electron chi connectivity index (χ0n) is 16.5. The highest BCUT2D eigenvalue weighted by molar-refractivity contribution is 7.90. The van der Waals surface area contributed by atoms with E-state index in [-0.39, 0.29) is 39.2 Å². The number of halogens is 3. The van der Waals surface area contributed by atoms with Gasteiger partial charge in [-0.2, -0.15) is 5.26 Å². The Morgan fingerprint density at radius 1 is 1.22 bits per heavy atom. The van der Waals surface area contributed by atoms with Crippen molar-refractivity contribution >= 4 is 33.7 Å². The molecule has 164 valence electrons. The lowest BCUT2D eigenvalue weighted by Gasteiger charge is -2.34. The van der Waals surface area contributed by atoms with Gasteiger partial charge in [0.2, 0.25) is 0 Å². The van der Waals surface area contributed by atoms with Gasteiger partial charge in [-0.1, -0.05) is 0 Å². The number of nitrogens with zero attached hydrogens (tertiary/aromatic N) is 2. The predicted molar refractivity (Wildman–Crippen MR) is 112 cm³/mol. The van der Waals surface area contributed by atoms with Crippen LogP contribution in [0, 0.1) is 28.8 Å². The molecule has 2 N–H and O–H groups in total. The number of rotatable bonds is 2. The summed E-state index contributed by atoms with van der Waals surface area (Å²) in [5, 5.41) is 11.5. The maximum absolute atomic E-state index is 14.0. The van der Waals surface area contributed by atoms with Crippen LogP contribution in [0.25, 0.3) is 10.8 Å². The molecule has 1 aliphatic rings. The van der Waals surface area contributed by atoms with E-state index in [1.165, 1.54) is 24.1 Å². The Morgan fingerprint density at radius 2 is 1.91 bits per heavy atom. The summed E-state index contributed by atoms with van der Waals surface area (Å²) < 4.78 is 53.7. The molecule has 1 aliphatic heterocycles. The zero-order valence-corrected chi connectivity index (χ0v) is 17.4. The quantitative estimate of drug-likeness (QED) is 0.572. The molecule has 2 atom stereocenters. The number of aromatic amines is 1. The fourth-order valence-electron chi connectivity index (χ4n) is 3.71. The second-order valence-electron chi connectivity index (χ2n) is 7.27. The molecular formula is C21H15F3N4O3S. The molecule has 32 heavy (non-hydrogen) atoms. The first-order valence-corrected chi connectivity index (χ1v) is 10.8. The van der Waals surface area contributed by atoms with Crippen molar-refractivity contribution in [2.45, 2.75) is 11.8 Å². The molecule has 11 heteroatoms. The van der Waals surface area contributed by atoms with Crippen molar-refractivity contribution in [3.8, 4) is 6.07 Å². The van der Waals surface area contributed by atoms with Gasteiger partial charge in [0.05, 0.1) is 16.6 Å². The number of nitrogens with one attached hydrogen (secondary N) is 2. The standard InChI is InChI=1S/C21H15F3N4O3S/c1-28(21(30)26-11-2-3-14(22)10(4-11)7-25)18-9-32(31)8-17-19(18)12-5-15(23)16(24)6-13(12)20(29)27-17/h2-6,18H,8-9H2,1H3,(H,26,30)(H,27,29). The van der Waals surface area contributed by atoms with E-state index in [0.717, 1.165) is 18.2 Å². The minimum absolute atomic E-state index is 0.00389. The van der Waals surface area contributed by atoms with E-state index in [0.29, 0.717) is 5.56 Å². The Morgan fingerprint density at radius 3 is 2.59 bits per heavy atom. The van der Waals surface area contributed by atoms with Gasteiger partial charge in [-0.3, -0.25) is 4.79 Å². The number of hydrogen-bond donors (Lipinski definition) is 2. The molecule has 0 bridgehead atoms. The topological polar surface area (TPSA) is 112 Å². The maximum atomic E-state index is 14.0. The third-order valence-electron chi connectivity index (χ3n) is 5.29. The van der Waals surface area contributed by atoms with Gasteiger partial charge in [-0.25, -0.2) is 18.0 Å². The van der Waals surface area contributed by atoms with Crippen molar-refractivity contribution in [2.75, 3.05) is 18.1 Å². The summed E-state index contributed by atoms with van der Waals surface area (Å²) in [6.07, 6.45) is 0. The first-order chi connectivity index (χ1) is 15.2. The molecule has 7 nitrogen and oxygen atoms in total. The van der Waals surface area contributed by atoms with Crippen LogP contribution in [0.15, 0.2) is 35.1 Å². The third-order valence-corrected chi connectivity index (χ3v) is 6.59. The van der Waals surface area contributed by atoms with Crippen LogP contribution in [0.3, 0.4) is 0 Å². The normalized spacial score (nSPS) is 17.5. The first kappa shape index (κ1) is 21.7. The van der Waals surface area contributed by atoms with E-state index in [1.807, 2.05) is 0 Å². The van der Waals surface area contributed by atoms with Gasteiger partial charge in [-0.15, -0.1) is 0 Å². The van der Waals surface area contributed by atoms with Crippen LogP contribution in [-0.4, -0.2) is 33.3 Å². The van der Waals surface area contributed by atoms with Gasteiger partial charge in [0.1, 0.15) is 29.4 Å².